The van der Waals surface area contributed by atoms with Gasteiger partial charge in [0.2, 0.25) is 5.91 Å². The Labute approximate surface area is 142 Å². The number of imidazole rings is 1. The van der Waals surface area contributed by atoms with Crippen molar-refractivity contribution in [2.45, 2.75) is 32.6 Å². The first-order valence-corrected chi connectivity index (χ1v) is 8.45. The lowest BCUT2D eigenvalue weighted by Gasteiger charge is -2.06. The molecule has 24 heavy (non-hydrogen) atoms. The van der Waals surface area contributed by atoms with Gasteiger partial charge < -0.3 is 9.72 Å². The Hall–Kier alpha value is -2.62. The summed E-state index contributed by atoms with van der Waals surface area (Å²) >= 11 is 0. The van der Waals surface area contributed by atoms with Gasteiger partial charge in [0, 0.05) is 25.6 Å². The molecule has 1 N–H and O–H groups in total. The molecule has 0 spiro atoms. The molecule has 0 aliphatic carbocycles. The number of nitrogens with zero attached hydrogens (tertiary/aromatic N) is 2. The van der Waals surface area contributed by atoms with Gasteiger partial charge in [-0.05, 0) is 37.5 Å². The monoisotopic (exact) mass is 321 g/mol. The Morgan fingerprint density at radius 2 is 1.96 bits per heavy atom. The fraction of sp³-hybridized carbons (Fsp3) is 0.300. The molecular formula is C20H23N3O. The standard InChI is InChI=1S/C20H23N3O/c1-16-7-9-17(10-8-16)11-12-20(24)21-13-4-6-19-22-15-18-5-2-3-14-23(18)19/h2-3,5,7-10,14-15H,4,6,11-13H2,1H3,(H,21,24). The van der Waals surface area contributed by atoms with Gasteiger partial charge in [0.15, 0.2) is 0 Å². The summed E-state index contributed by atoms with van der Waals surface area (Å²) < 4.78 is 2.10. The zero-order valence-electron chi connectivity index (χ0n) is 14.0. The van der Waals surface area contributed by atoms with Crippen molar-refractivity contribution in [3.63, 3.8) is 0 Å². The third kappa shape index (κ3) is 4.22. The Bertz CT molecular complexity index is 805. The largest absolute Gasteiger partial charge is 0.356 e. The quantitative estimate of drug-likeness (QED) is 0.679. The second-order valence-electron chi connectivity index (χ2n) is 6.11. The number of benzene rings is 1. The Morgan fingerprint density at radius 3 is 2.79 bits per heavy atom. The summed E-state index contributed by atoms with van der Waals surface area (Å²) in [7, 11) is 0. The molecule has 0 fully saturated rings. The fourth-order valence-electron chi connectivity index (χ4n) is 2.76. The second-order valence-corrected chi connectivity index (χ2v) is 6.11. The highest BCUT2D eigenvalue weighted by Crippen LogP contribution is 2.08. The average molecular weight is 321 g/mol. The van der Waals surface area contributed by atoms with E-state index in [0.717, 1.165) is 30.6 Å². The van der Waals surface area contributed by atoms with Gasteiger partial charge in [-0.3, -0.25) is 4.79 Å². The molecule has 4 nitrogen and oxygen atoms in total. The minimum atomic E-state index is 0.114. The van der Waals surface area contributed by atoms with Crippen LogP contribution in [-0.2, 0) is 17.6 Å². The third-order valence-corrected chi connectivity index (χ3v) is 4.18. The van der Waals surface area contributed by atoms with Crippen molar-refractivity contribution in [2.75, 3.05) is 6.54 Å². The molecular weight excluding hydrogens is 298 g/mol. The number of aromatic nitrogens is 2. The number of rotatable bonds is 7. The lowest BCUT2D eigenvalue weighted by Crippen LogP contribution is -2.25. The number of carbonyl (C=O) groups is 1. The number of hydrogen-bond acceptors (Lipinski definition) is 2. The van der Waals surface area contributed by atoms with E-state index in [0.29, 0.717) is 13.0 Å². The Balaban J connectivity index is 1.38. The Morgan fingerprint density at radius 1 is 1.12 bits per heavy atom. The molecule has 0 aliphatic heterocycles. The molecule has 0 saturated carbocycles. The van der Waals surface area contributed by atoms with Crippen LogP contribution in [0, 0.1) is 6.92 Å². The third-order valence-electron chi connectivity index (χ3n) is 4.18. The minimum Gasteiger partial charge on any atom is -0.356 e. The van der Waals surface area contributed by atoms with Crippen LogP contribution in [0.1, 0.15) is 29.8 Å². The first kappa shape index (κ1) is 16.2. The van der Waals surface area contributed by atoms with Crippen LogP contribution in [0.15, 0.2) is 54.9 Å². The predicted molar refractivity (Wildman–Crippen MR) is 96.0 cm³/mol. The van der Waals surface area contributed by atoms with Crippen LogP contribution in [0.4, 0.5) is 0 Å². The SMILES string of the molecule is Cc1ccc(CCC(=O)NCCCc2ncc3ccccn23)cc1. The van der Waals surface area contributed by atoms with Crippen molar-refractivity contribution in [1.82, 2.24) is 14.7 Å². The molecule has 0 saturated heterocycles. The van der Waals surface area contributed by atoms with Crippen LogP contribution in [0.3, 0.4) is 0 Å². The summed E-state index contributed by atoms with van der Waals surface area (Å²) in [5.41, 5.74) is 3.56. The summed E-state index contributed by atoms with van der Waals surface area (Å²) in [6.45, 7) is 2.76. The van der Waals surface area contributed by atoms with Crippen LogP contribution >= 0.6 is 0 Å². The Kier molecular flexibility index (Phi) is 5.26. The summed E-state index contributed by atoms with van der Waals surface area (Å²) in [4.78, 5) is 16.4. The van der Waals surface area contributed by atoms with Crippen molar-refractivity contribution < 1.29 is 4.79 Å². The summed E-state index contributed by atoms with van der Waals surface area (Å²) in [6, 6.07) is 14.4. The van der Waals surface area contributed by atoms with Crippen molar-refractivity contribution in [3.8, 4) is 0 Å². The topological polar surface area (TPSA) is 46.4 Å². The van der Waals surface area contributed by atoms with E-state index in [1.54, 1.807) is 0 Å². The fourth-order valence-corrected chi connectivity index (χ4v) is 2.76. The van der Waals surface area contributed by atoms with Crippen LogP contribution < -0.4 is 5.32 Å². The normalized spacial score (nSPS) is 10.9. The lowest BCUT2D eigenvalue weighted by atomic mass is 10.1. The van der Waals surface area contributed by atoms with Crippen LogP contribution in [0.2, 0.25) is 0 Å². The van der Waals surface area contributed by atoms with E-state index >= 15 is 0 Å². The van der Waals surface area contributed by atoms with Gasteiger partial charge in [-0.2, -0.15) is 0 Å². The maximum Gasteiger partial charge on any atom is 0.220 e. The van der Waals surface area contributed by atoms with E-state index in [2.05, 4.69) is 45.9 Å². The number of aryl methyl sites for hydroxylation is 3. The summed E-state index contributed by atoms with van der Waals surface area (Å²) in [5.74, 6) is 1.16. The summed E-state index contributed by atoms with van der Waals surface area (Å²) in [6.07, 6.45) is 6.99. The highest BCUT2D eigenvalue weighted by Gasteiger charge is 2.04. The zero-order valence-corrected chi connectivity index (χ0v) is 14.0. The van der Waals surface area contributed by atoms with Gasteiger partial charge in [-0.1, -0.05) is 35.9 Å². The minimum absolute atomic E-state index is 0.114. The molecule has 124 valence electrons. The maximum atomic E-state index is 11.9. The van der Waals surface area contributed by atoms with Crippen LogP contribution in [0.25, 0.3) is 5.52 Å². The number of nitrogens with one attached hydrogen (secondary N) is 1. The molecule has 0 bridgehead atoms. The maximum absolute atomic E-state index is 11.9. The molecule has 1 aromatic carbocycles. The number of fused-ring (bicyclic) bond motifs is 1. The first-order chi connectivity index (χ1) is 11.7. The van der Waals surface area contributed by atoms with Crippen LogP contribution in [-0.4, -0.2) is 21.8 Å². The van der Waals surface area contributed by atoms with Gasteiger partial charge in [-0.25, -0.2) is 4.98 Å². The molecule has 0 aliphatic rings. The molecule has 3 rings (SSSR count). The molecule has 4 heteroatoms. The molecule has 0 radical (unpaired) electrons. The molecule has 2 aromatic heterocycles. The van der Waals surface area contributed by atoms with Gasteiger partial charge >= 0.3 is 0 Å². The van der Waals surface area contributed by atoms with Crippen molar-refractivity contribution in [2.24, 2.45) is 0 Å². The van der Waals surface area contributed by atoms with Gasteiger partial charge in [0.05, 0.1) is 11.7 Å². The van der Waals surface area contributed by atoms with E-state index in [1.807, 2.05) is 30.6 Å². The highest BCUT2D eigenvalue weighted by atomic mass is 16.1. The van der Waals surface area contributed by atoms with Gasteiger partial charge in [0.1, 0.15) is 5.82 Å². The number of carbonyl (C=O) groups excluding carboxylic acids is 1. The van der Waals surface area contributed by atoms with Gasteiger partial charge in [0.25, 0.3) is 0 Å². The van der Waals surface area contributed by atoms with Gasteiger partial charge in [-0.15, -0.1) is 0 Å². The van der Waals surface area contributed by atoms with E-state index in [4.69, 9.17) is 0 Å². The van der Waals surface area contributed by atoms with E-state index in [1.165, 1.54) is 11.1 Å². The molecule has 0 atom stereocenters. The molecule has 1 amide bonds. The van der Waals surface area contributed by atoms with Crippen LogP contribution in [0.5, 0.6) is 0 Å². The van der Waals surface area contributed by atoms with Crippen molar-refractivity contribution >= 4 is 11.4 Å². The van der Waals surface area contributed by atoms with Crippen molar-refractivity contribution in [1.29, 1.82) is 0 Å². The van der Waals surface area contributed by atoms with E-state index in [-0.39, 0.29) is 5.91 Å². The smallest absolute Gasteiger partial charge is 0.220 e. The summed E-state index contributed by atoms with van der Waals surface area (Å²) in [5, 5.41) is 3.00. The van der Waals surface area contributed by atoms with Crippen molar-refractivity contribution in [3.05, 3.63) is 71.8 Å². The predicted octanol–water partition coefficient (Wildman–Crippen LogP) is 3.32. The average Bonchev–Trinajstić information content (AvgIpc) is 3.01. The van der Waals surface area contributed by atoms with E-state index < -0.39 is 0 Å². The zero-order chi connectivity index (χ0) is 16.8. The molecule has 0 unspecified atom stereocenters. The lowest BCUT2D eigenvalue weighted by molar-refractivity contribution is -0.121. The molecule has 3 aromatic rings. The van der Waals surface area contributed by atoms with E-state index in [9.17, 15) is 4.79 Å². The second kappa shape index (κ2) is 7.77. The highest BCUT2D eigenvalue weighted by molar-refractivity contribution is 5.76. The first-order valence-electron chi connectivity index (χ1n) is 8.45. The number of pyridine rings is 1. The molecule has 2 heterocycles. The number of amides is 1. The number of hydrogen-bond donors (Lipinski definition) is 1.